The van der Waals surface area contributed by atoms with E-state index >= 15 is 0 Å². The monoisotopic (exact) mass is 299 g/mol. The molecule has 1 saturated carbocycles. The normalized spacial score (nSPS) is 23.4. The van der Waals surface area contributed by atoms with Crippen molar-refractivity contribution in [3.63, 3.8) is 0 Å². The topological polar surface area (TPSA) is 38.3 Å². The molecule has 1 amide bonds. The molecule has 0 atom stereocenters. The molecule has 114 valence electrons. The maximum absolute atomic E-state index is 13.4. The van der Waals surface area contributed by atoms with Gasteiger partial charge in [-0.1, -0.05) is 60.7 Å². The van der Waals surface area contributed by atoms with Crippen LogP contribution in [0.15, 0.2) is 60.7 Å². The van der Waals surface area contributed by atoms with Gasteiger partial charge in [-0.2, -0.15) is 0 Å². The zero-order valence-corrected chi connectivity index (χ0v) is 12.2. The van der Waals surface area contributed by atoms with Gasteiger partial charge in [0.05, 0.1) is 5.54 Å². The minimum absolute atomic E-state index is 0.205. The molecule has 2 aromatic carbocycles. The van der Waals surface area contributed by atoms with Crippen LogP contribution in [0, 0.1) is 0 Å². The van der Waals surface area contributed by atoms with E-state index in [1.165, 1.54) is 0 Å². The van der Waals surface area contributed by atoms with Crippen molar-refractivity contribution in [1.82, 2.24) is 5.32 Å². The number of halogens is 1. The first-order valence-corrected chi connectivity index (χ1v) is 7.36. The average Bonchev–Trinajstić information content (AvgIpc) is 2.53. The predicted molar refractivity (Wildman–Crippen MR) is 82.0 cm³/mol. The van der Waals surface area contributed by atoms with Gasteiger partial charge in [0.1, 0.15) is 12.8 Å². The molecule has 0 bridgehead atoms. The Morgan fingerprint density at radius 1 is 1.09 bits per heavy atom. The SMILES string of the molecule is O=C(NC1(c2ccccc2)CC(F)C1)OCc1ccccc1. The minimum Gasteiger partial charge on any atom is -0.445 e. The van der Waals surface area contributed by atoms with Crippen molar-refractivity contribution in [2.75, 3.05) is 0 Å². The maximum Gasteiger partial charge on any atom is 0.408 e. The van der Waals surface area contributed by atoms with Crippen molar-refractivity contribution in [2.24, 2.45) is 0 Å². The molecule has 0 spiro atoms. The third kappa shape index (κ3) is 3.11. The number of hydrogen-bond acceptors (Lipinski definition) is 2. The fraction of sp³-hybridized carbons (Fsp3) is 0.278. The summed E-state index contributed by atoms with van der Waals surface area (Å²) in [5.41, 5.74) is 1.19. The Bertz CT molecular complexity index is 624. The second-order valence-electron chi connectivity index (χ2n) is 5.64. The van der Waals surface area contributed by atoms with E-state index in [9.17, 15) is 9.18 Å². The molecule has 1 aliphatic carbocycles. The van der Waals surface area contributed by atoms with Crippen LogP contribution in [0.4, 0.5) is 9.18 Å². The lowest BCUT2D eigenvalue weighted by Gasteiger charge is -2.44. The molecular formula is C18H18FNO2. The predicted octanol–water partition coefficient (Wildman–Crippen LogP) is 3.94. The van der Waals surface area contributed by atoms with Crippen LogP contribution in [-0.2, 0) is 16.9 Å². The summed E-state index contributed by atoms with van der Waals surface area (Å²) >= 11 is 0. The summed E-state index contributed by atoms with van der Waals surface area (Å²) < 4.78 is 18.7. The van der Waals surface area contributed by atoms with Gasteiger partial charge in [0.15, 0.2) is 0 Å². The largest absolute Gasteiger partial charge is 0.445 e. The number of benzene rings is 2. The van der Waals surface area contributed by atoms with Crippen LogP contribution in [-0.4, -0.2) is 12.3 Å². The molecule has 1 fully saturated rings. The third-order valence-electron chi connectivity index (χ3n) is 4.02. The zero-order valence-electron chi connectivity index (χ0n) is 12.2. The van der Waals surface area contributed by atoms with E-state index in [-0.39, 0.29) is 19.4 Å². The number of carbonyl (C=O) groups is 1. The van der Waals surface area contributed by atoms with Gasteiger partial charge < -0.3 is 10.1 Å². The molecule has 0 unspecified atom stereocenters. The first-order chi connectivity index (χ1) is 10.7. The highest BCUT2D eigenvalue weighted by molar-refractivity contribution is 5.69. The van der Waals surface area contributed by atoms with Crippen LogP contribution >= 0.6 is 0 Å². The molecule has 1 aliphatic rings. The van der Waals surface area contributed by atoms with Crippen LogP contribution in [0.2, 0.25) is 0 Å². The highest BCUT2D eigenvalue weighted by atomic mass is 19.1. The number of ether oxygens (including phenoxy) is 1. The Morgan fingerprint density at radius 3 is 2.27 bits per heavy atom. The lowest BCUT2D eigenvalue weighted by molar-refractivity contribution is 0.0530. The summed E-state index contributed by atoms with van der Waals surface area (Å²) in [7, 11) is 0. The lowest BCUT2D eigenvalue weighted by atomic mass is 9.70. The molecular weight excluding hydrogens is 281 g/mol. The first kappa shape index (κ1) is 14.6. The Kier molecular flexibility index (Phi) is 4.09. The van der Waals surface area contributed by atoms with Gasteiger partial charge in [-0.05, 0) is 11.1 Å². The standard InChI is InChI=1S/C18H18FNO2/c19-16-11-18(12-16,15-9-5-2-6-10-15)20-17(21)22-13-14-7-3-1-4-8-14/h1-10,16H,11-13H2,(H,20,21). The Morgan fingerprint density at radius 2 is 1.68 bits per heavy atom. The Hall–Kier alpha value is -2.36. The van der Waals surface area contributed by atoms with E-state index in [4.69, 9.17) is 4.74 Å². The van der Waals surface area contributed by atoms with E-state index < -0.39 is 17.8 Å². The lowest BCUT2D eigenvalue weighted by Crippen LogP contribution is -2.55. The van der Waals surface area contributed by atoms with E-state index in [1.807, 2.05) is 60.7 Å². The van der Waals surface area contributed by atoms with E-state index in [2.05, 4.69) is 5.32 Å². The molecule has 0 radical (unpaired) electrons. The number of nitrogens with one attached hydrogen (secondary N) is 1. The van der Waals surface area contributed by atoms with Crippen molar-refractivity contribution >= 4 is 6.09 Å². The van der Waals surface area contributed by atoms with Crippen LogP contribution in [0.25, 0.3) is 0 Å². The van der Waals surface area contributed by atoms with Crippen molar-refractivity contribution in [2.45, 2.75) is 31.2 Å². The van der Waals surface area contributed by atoms with Crippen LogP contribution in [0.1, 0.15) is 24.0 Å². The number of hydrogen-bond donors (Lipinski definition) is 1. The summed E-state index contributed by atoms with van der Waals surface area (Å²) in [6.07, 6.45) is -0.816. The van der Waals surface area contributed by atoms with Gasteiger partial charge in [-0.3, -0.25) is 0 Å². The van der Waals surface area contributed by atoms with Crippen LogP contribution < -0.4 is 5.32 Å². The van der Waals surface area contributed by atoms with Crippen molar-refractivity contribution in [3.8, 4) is 0 Å². The molecule has 0 heterocycles. The number of alkyl carbamates (subject to hydrolysis) is 1. The highest BCUT2D eigenvalue weighted by Crippen LogP contribution is 2.43. The fourth-order valence-electron chi connectivity index (χ4n) is 2.82. The molecule has 3 nitrogen and oxygen atoms in total. The Balaban J connectivity index is 1.63. The molecule has 0 aromatic heterocycles. The van der Waals surface area contributed by atoms with Crippen LogP contribution in [0.3, 0.4) is 0 Å². The zero-order chi connectivity index (χ0) is 15.4. The summed E-state index contributed by atoms with van der Waals surface area (Å²) in [4.78, 5) is 12.0. The molecule has 4 heteroatoms. The number of amides is 1. The van der Waals surface area contributed by atoms with Crippen molar-refractivity contribution < 1.29 is 13.9 Å². The number of alkyl halides is 1. The molecule has 0 saturated heterocycles. The number of carbonyl (C=O) groups excluding carboxylic acids is 1. The highest BCUT2D eigenvalue weighted by Gasteiger charge is 2.47. The second-order valence-corrected chi connectivity index (χ2v) is 5.64. The summed E-state index contributed by atoms with van der Waals surface area (Å²) in [6, 6.07) is 19.0. The molecule has 1 N–H and O–H groups in total. The smallest absolute Gasteiger partial charge is 0.408 e. The second kappa shape index (κ2) is 6.18. The molecule has 0 aliphatic heterocycles. The van der Waals surface area contributed by atoms with E-state index in [0.717, 1.165) is 11.1 Å². The van der Waals surface area contributed by atoms with Gasteiger partial charge in [0, 0.05) is 12.8 Å². The molecule has 3 rings (SSSR count). The minimum atomic E-state index is -0.880. The van der Waals surface area contributed by atoms with E-state index in [1.54, 1.807) is 0 Å². The van der Waals surface area contributed by atoms with Gasteiger partial charge >= 0.3 is 6.09 Å². The average molecular weight is 299 g/mol. The third-order valence-corrected chi connectivity index (χ3v) is 4.02. The van der Waals surface area contributed by atoms with Gasteiger partial charge in [-0.25, -0.2) is 9.18 Å². The molecule has 22 heavy (non-hydrogen) atoms. The van der Waals surface area contributed by atoms with Gasteiger partial charge in [0.25, 0.3) is 0 Å². The van der Waals surface area contributed by atoms with Crippen LogP contribution in [0.5, 0.6) is 0 Å². The Labute approximate surface area is 129 Å². The quantitative estimate of drug-likeness (QED) is 0.928. The molecule has 2 aromatic rings. The number of rotatable bonds is 4. The van der Waals surface area contributed by atoms with Gasteiger partial charge in [0.2, 0.25) is 0 Å². The summed E-state index contributed by atoms with van der Waals surface area (Å²) in [5, 5.41) is 2.85. The van der Waals surface area contributed by atoms with Crippen molar-refractivity contribution in [3.05, 3.63) is 71.8 Å². The van der Waals surface area contributed by atoms with E-state index in [0.29, 0.717) is 0 Å². The maximum atomic E-state index is 13.4. The first-order valence-electron chi connectivity index (χ1n) is 7.36. The van der Waals surface area contributed by atoms with Gasteiger partial charge in [-0.15, -0.1) is 0 Å². The summed E-state index contributed by atoms with van der Waals surface area (Å²) in [6.45, 7) is 0.205. The fourth-order valence-corrected chi connectivity index (χ4v) is 2.82. The summed E-state index contributed by atoms with van der Waals surface area (Å²) in [5.74, 6) is 0. The van der Waals surface area contributed by atoms with Crippen molar-refractivity contribution in [1.29, 1.82) is 0 Å².